The molecule has 2 rings (SSSR count). The van der Waals surface area contributed by atoms with Crippen LogP contribution in [-0.2, 0) is 0 Å². The maximum absolute atomic E-state index is 9.71. The number of ether oxygens (including phenoxy) is 1. The average molecular weight is 297 g/mol. The van der Waals surface area contributed by atoms with Crippen molar-refractivity contribution in [1.29, 1.82) is 0 Å². The summed E-state index contributed by atoms with van der Waals surface area (Å²) in [5.41, 5.74) is 0.874. The molecule has 1 N–H and O–H groups in total. The molecule has 100 valence electrons. The fourth-order valence-electron chi connectivity index (χ4n) is 1.72. The van der Waals surface area contributed by atoms with Gasteiger partial charge in [-0.1, -0.05) is 42.3 Å². The number of aliphatic hydroxyl groups is 1. The summed E-state index contributed by atoms with van der Waals surface area (Å²) in [7, 11) is 0. The van der Waals surface area contributed by atoms with Crippen molar-refractivity contribution in [2.24, 2.45) is 0 Å². The Bertz CT molecular complexity index is 532. The Labute approximate surface area is 122 Å². The molecule has 1 atom stereocenters. The molecule has 0 aliphatic rings. The molecule has 2 aromatic carbocycles. The van der Waals surface area contributed by atoms with E-state index in [4.69, 9.17) is 27.9 Å². The molecule has 0 bridgehead atoms. The van der Waals surface area contributed by atoms with Crippen LogP contribution in [0.1, 0.15) is 25.0 Å². The summed E-state index contributed by atoms with van der Waals surface area (Å²) in [5.74, 6) is 1.26. The normalized spacial score (nSPS) is 12.2. The van der Waals surface area contributed by atoms with E-state index in [1.165, 1.54) is 0 Å². The van der Waals surface area contributed by atoms with Crippen molar-refractivity contribution in [2.75, 3.05) is 0 Å². The van der Waals surface area contributed by atoms with Crippen LogP contribution in [0.15, 0.2) is 42.5 Å². The first-order chi connectivity index (χ1) is 9.08. The number of halogens is 2. The summed E-state index contributed by atoms with van der Waals surface area (Å²) in [5, 5.41) is 10.8. The lowest BCUT2D eigenvalue weighted by Gasteiger charge is -2.10. The molecule has 0 saturated heterocycles. The Morgan fingerprint density at radius 3 is 2.11 bits per heavy atom. The number of hydrogen-bond donors (Lipinski definition) is 1. The third-order valence-corrected chi connectivity index (χ3v) is 3.16. The first-order valence-corrected chi connectivity index (χ1v) is 6.76. The van der Waals surface area contributed by atoms with Crippen molar-refractivity contribution in [3.8, 4) is 11.5 Å². The molecule has 2 aromatic rings. The molecule has 0 aliphatic heterocycles. The Morgan fingerprint density at radius 2 is 1.58 bits per heavy atom. The van der Waals surface area contributed by atoms with E-state index in [0.717, 1.165) is 5.56 Å². The summed E-state index contributed by atoms with van der Waals surface area (Å²) in [6, 6.07) is 12.3. The molecule has 0 amide bonds. The van der Waals surface area contributed by atoms with E-state index in [1.807, 2.05) is 31.2 Å². The SMILES string of the molecule is CC[C@H](O)c1ccc(Oc2cc(Cl)cc(Cl)c2)cc1. The van der Waals surface area contributed by atoms with Gasteiger partial charge in [-0.3, -0.25) is 0 Å². The van der Waals surface area contributed by atoms with Crippen molar-refractivity contribution in [3.63, 3.8) is 0 Å². The van der Waals surface area contributed by atoms with Crippen LogP contribution in [0.25, 0.3) is 0 Å². The van der Waals surface area contributed by atoms with Crippen LogP contribution in [0.4, 0.5) is 0 Å². The van der Waals surface area contributed by atoms with E-state index in [2.05, 4.69) is 0 Å². The molecule has 19 heavy (non-hydrogen) atoms. The largest absolute Gasteiger partial charge is 0.457 e. The van der Waals surface area contributed by atoms with Crippen LogP contribution in [0.2, 0.25) is 10.0 Å². The van der Waals surface area contributed by atoms with Gasteiger partial charge in [0.1, 0.15) is 11.5 Å². The Morgan fingerprint density at radius 1 is 1.00 bits per heavy atom. The van der Waals surface area contributed by atoms with E-state index >= 15 is 0 Å². The first-order valence-electron chi connectivity index (χ1n) is 6.00. The minimum atomic E-state index is -0.435. The Hall–Kier alpha value is -1.22. The van der Waals surface area contributed by atoms with Gasteiger partial charge in [0.25, 0.3) is 0 Å². The van der Waals surface area contributed by atoms with Crippen LogP contribution in [-0.4, -0.2) is 5.11 Å². The maximum atomic E-state index is 9.71. The van der Waals surface area contributed by atoms with Crippen LogP contribution >= 0.6 is 23.2 Å². The molecule has 0 unspecified atom stereocenters. The minimum absolute atomic E-state index is 0.435. The van der Waals surface area contributed by atoms with Gasteiger partial charge in [-0.25, -0.2) is 0 Å². The highest BCUT2D eigenvalue weighted by Crippen LogP contribution is 2.29. The lowest BCUT2D eigenvalue weighted by molar-refractivity contribution is 0.173. The van der Waals surface area contributed by atoms with Crippen LogP contribution in [0, 0.1) is 0 Å². The second-order valence-electron chi connectivity index (χ2n) is 4.20. The van der Waals surface area contributed by atoms with Crippen molar-refractivity contribution in [3.05, 3.63) is 58.1 Å². The zero-order valence-electron chi connectivity index (χ0n) is 10.4. The summed E-state index contributed by atoms with van der Waals surface area (Å²) >= 11 is 11.8. The predicted octanol–water partition coefficient (Wildman–Crippen LogP) is 5.23. The smallest absolute Gasteiger partial charge is 0.130 e. The third kappa shape index (κ3) is 3.87. The topological polar surface area (TPSA) is 29.5 Å². The zero-order chi connectivity index (χ0) is 13.8. The quantitative estimate of drug-likeness (QED) is 0.837. The summed E-state index contributed by atoms with van der Waals surface area (Å²) in [6.45, 7) is 1.93. The molecular formula is C15H14Cl2O2. The molecule has 0 radical (unpaired) electrons. The van der Waals surface area contributed by atoms with E-state index in [9.17, 15) is 5.11 Å². The Balaban J connectivity index is 2.15. The second-order valence-corrected chi connectivity index (χ2v) is 5.07. The molecule has 0 fully saturated rings. The molecule has 4 heteroatoms. The fourth-order valence-corrected chi connectivity index (χ4v) is 2.22. The van der Waals surface area contributed by atoms with Crippen molar-refractivity contribution >= 4 is 23.2 Å². The molecule has 0 saturated carbocycles. The van der Waals surface area contributed by atoms with Crippen molar-refractivity contribution in [2.45, 2.75) is 19.4 Å². The predicted molar refractivity (Wildman–Crippen MR) is 78.2 cm³/mol. The Kier molecular flexibility index (Phi) is 4.70. The fraction of sp³-hybridized carbons (Fsp3) is 0.200. The zero-order valence-corrected chi connectivity index (χ0v) is 11.9. The lowest BCUT2D eigenvalue weighted by Crippen LogP contribution is -1.94. The van der Waals surface area contributed by atoms with Gasteiger partial charge < -0.3 is 9.84 Å². The summed E-state index contributed by atoms with van der Waals surface area (Å²) in [4.78, 5) is 0. The molecular weight excluding hydrogens is 283 g/mol. The molecule has 0 heterocycles. The van der Waals surface area contributed by atoms with Crippen LogP contribution < -0.4 is 4.74 Å². The standard InChI is InChI=1S/C15H14Cl2O2/c1-2-15(18)10-3-5-13(6-4-10)19-14-8-11(16)7-12(17)9-14/h3-9,15,18H,2H2,1H3/t15-/m0/s1. The van der Waals surface area contributed by atoms with Gasteiger partial charge >= 0.3 is 0 Å². The highest BCUT2D eigenvalue weighted by atomic mass is 35.5. The molecule has 0 aliphatic carbocycles. The van der Waals surface area contributed by atoms with Crippen molar-refractivity contribution in [1.82, 2.24) is 0 Å². The number of benzene rings is 2. The third-order valence-electron chi connectivity index (χ3n) is 2.72. The van der Waals surface area contributed by atoms with E-state index < -0.39 is 6.10 Å². The van der Waals surface area contributed by atoms with Gasteiger partial charge in [0.15, 0.2) is 0 Å². The maximum Gasteiger partial charge on any atom is 0.130 e. The summed E-state index contributed by atoms with van der Waals surface area (Å²) < 4.78 is 5.66. The van der Waals surface area contributed by atoms with Crippen molar-refractivity contribution < 1.29 is 9.84 Å². The number of hydrogen-bond acceptors (Lipinski definition) is 2. The minimum Gasteiger partial charge on any atom is -0.457 e. The van der Waals surface area contributed by atoms with Gasteiger partial charge in [0.2, 0.25) is 0 Å². The number of rotatable bonds is 4. The average Bonchev–Trinajstić information content (AvgIpc) is 2.37. The van der Waals surface area contributed by atoms with E-state index in [0.29, 0.717) is 28.0 Å². The molecule has 0 aromatic heterocycles. The van der Waals surface area contributed by atoms with Gasteiger partial charge in [0, 0.05) is 10.0 Å². The van der Waals surface area contributed by atoms with Crippen LogP contribution in [0.3, 0.4) is 0 Å². The molecule has 0 spiro atoms. The van der Waals surface area contributed by atoms with Gasteiger partial charge in [-0.15, -0.1) is 0 Å². The highest BCUT2D eigenvalue weighted by Gasteiger charge is 2.05. The van der Waals surface area contributed by atoms with E-state index in [1.54, 1.807) is 18.2 Å². The van der Waals surface area contributed by atoms with Gasteiger partial charge in [-0.05, 0) is 42.3 Å². The summed E-state index contributed by atoms with van der Waals surface area (Å²) in [6.07, 6.45) is 0.249. The van der Waals surface area contributed by atoms with Gasteiger partial charge in [-0.2, -0.15) is 0 Å². The first kappa shape index (κ1) is 14.2. The molecule has 2 nitrogen and oxygen atoms in total. The number of aliphatic hydroxyl groups excluding tert-OH is 1. The lowest BCUT2D eigenvalue weighted by atomic mass is 10.1. The van der Waals surface area contributed by atoms with Crippen LogP contribution in [0.5, 0.6) is 11.5 Å². The van der Waals surface area contributed by atoms with Gasteiger partial charge in [0.05, 0.1) is 6.10 Å². The second kappa shape index (κ2) is 6.29. The highest BCUT2D eigenvalue weighted by molar-refractivity contribution is 6.34. The van der Waals surface area contributed by atoms with E-state index in [-0.39, 0.29) is 0 Å². The monoisotopic (exact) mass is 296 g/mol.